The number of rotatable bonds is 5. The standard InChI is InChI=1S/C17H27N3O/c1-13(14-8-4-2-3-5-9-14)19-12-15-10-6-7-11-16(15)17(18)20-21/h6-7,10-11,13-14,19,21H,2-5,8-9,12H2,1H3,(H2,18,20)/t13-/m1/s1. The number of amidine groups is 1. The molecule has 0 unspecified atom stereocenters. The molecular weight excluding hydrogens is 262 g/mol. The predicted octanol–water partition coefficient (Wildman–Crippen LogP) is 3.23. The largest absolute Gasteiger partial charge is 0.409 e. The van der Waals surface area contributed by atoms with E-state index in [0.29, 0.717) is 6.04 Å². The summed E-state index contributed by atoms with van der Waals surface area (Å²) in [6, 6.07) is 8.32. The maximum Gasteiger partial charge on any atom is 0.170 e. The molecule has 2 rings (SSSR count). The quantitative estimate of drug-likeness (QED) is 0.256. The van der Waals surface area contributed by atoms with Gasteiger partial charge in [0.25, 0.3) is 0 Å². The van der Waals surface area contributed by atoms with Crippen LogP contribution in [0.15, 0.2) is 29.4 Å². The van der Waals surface area contributed by atoms with Crippen LogP contribution in [0.2, 0.25) is 0 Å². The fourth-order valence-electron chi connectivity index (χ4n) is 3.23. The van der Waals surface area contributed by atoms with E-state index in [1.807, 2.05) is 24.3 Å². The smallest absolute Gasteiger partial charge is 0.170 e. The maximum atomic E-state index is 8.87. The highest BCUT2D eigenvalue weighted by Gasteiger charge is 2.19. The molecule has 0 radical (unpaired) electrons. The van der Waals surface area contributed by atoms with Crippen molar-refractivity contribution in [3.05, 3.63) is 35.4 Å². The summed E-state index contributed by atoms with van der Waals surface area (Å²) in [4.78, 5) is 0. The van der Waals surface area contributed by atoms with Gasteiger partial charge in [-0.3, -0.25) is 0 Å². The summed E-state index contributed by atoms with van der Waals surface area (Å²) >= 11 is 0. The first-order valence-electron chi connectivity index (χ1n) is 8.01. The summed E-state index contributed by atoms with van der Waals surface area (Å²) in [6.45, 7) is 3.03. The monoisotopic (exact) mass is 289 g/mol. The summed E-state index contributed by atoms with van der Waals surface area (Å²) in [5.74, 6) is 0.943. The zero-order valence-corrected chi connectivity index (χ0v) is 12.9. The Morgan fingerprint density at radius 1 is 1.29 bits per heavy atom. The van der Waals surface area contributed by atoms with E-state index in [2.05, 4.69) is 17.4 Å². The molecule has 0 aliphatic heterocycles. The van der Waals surface area contributed by atoms with Crippen LogP contribution < -0.4 is 11.1 Å². The molecule has 1 aromatic rings. The van der Waals surface area contributed by atoms with Gasteiger partial charge in [-0.2, -0.15) is 0 Å². The fraction of sp³-hybridized carbons (Fsp3) is 0.588. The van der Waals surface area contributed by atoms with Gasteiger partial charge in [-0.15, -0.1) is 0 Å². The van der Waals surface area contributed by atoms with Gasteiger partial charge in [-0.25, -0.2) is 0 Å². The number of hydrogen-bond donors (Lipinski definition) is 3. The van der Waals surface area contributed by atoms with Crippen molar-refractivity contribution in [1.82, 2.24) is 5.32 Å². The molecule has 1 saturated carbocycles. The summed E-state index contributed by atoms with van der Waals surface area (Å²) in [7, 11) is 0. The fourth-order valence-corrected chi connectivity index (χ4v) is 3.23. The highest BCUT2D eigenvalue weighted by Crippen LogP contribution is 2.25. The number of nitrogens with one attached hydrogen (secondary N) is 1. The molecule has 4 N–H and O–H groups in total. The Labute approximate surface area is 127 Å². The molecule has 4 heteroatoms. The van der Waals surface area contributed by atoms with Crippen molar-refractivity contribution in [3.8, 4) is 0 Å². The molecule has 0 saturated heterocycles. The van der Waals surface area contributed by atoms with E-state index in [9.17, 15) is 0 Å². The van der Waals surface area contributed by atoms with Crippen molar-refractivity contribution in [2.75, 3.05) is 0 Å². The average Bonchev–Trinajstić information content (AvgIpc) is 2.81. The number of benzene rings is 1. The third-order valence-electron chi connectivity index (χ3n) is 4.62. The predicted molar refractivity (Wildman–Crippen MR) is 86.4 cm³/mol. The number of nitrogens with two attached hydrogens (primary N) is 1. The molecule has 0 aromatic heterocycles. The van der Waals surface area contributed by atoms with E-state index in [-0.39, 0.29) is 5.84 Å². The Bertz CT molecular complexity index is 465. The third kappa shape index (κ3) is 4.46. The van der Waals surface area contributed by atoms with Gasteiger partial charge in [0.05, 0.1) is 0 Å². The van der Waals surface area contributed by atoms with Crippen molar-refractivity contribution in [1.29, 1.82) is 0 Å². The van der Waals surface area contributed by atoms with Crippen molar-refractivity contribution in [2.24, 2.45) is 16.8 Å². The molecule has 0 heterocycles. The SMILES string of the molecule is C[C@@H](NCc1ccccc1/C(N)=N/O)C1CCCCCC1. The first-order chi connectivity index (χ1) is 10.2. The zero-order valence-electron chi connectivity index (χ0n) is 12.9. The number of oxime groups is 1. The second-order valence-corrected chi connectivity index (χ2v) is 6.06. The summed E-state index contributed by atoms with van der Waals surface area (Å²) < 4.78 is 0. The Morgan fingerprint density at radius 2 is 1.95 bits per heavy atom. The third-order valence-corrected chi connectivity index (χ3v) is 4.62. The number of hydrogen-bond acceptors (Lipinski definition) is 3. The molecule has 1 aliphatic rings. The molecular formula is C17H27N3O. The van der Waals surface area contributed by atoms with E-state index in [1.165, 1.54) is 38.5 Å². The minimum Gasteiger partial charge on any atom is -0.409 e. The van der Waals surface area contributed by atoms with Gasteiger partial charge in [0.2, 0.25) is 0 Å². The lowest BCUT2D eigenvalue weighted by molar-refractivity contribution is 0.318. The molecule has 1 aromatic carbocycles. The van der Waals surface area contributed by atoms with Gasteiger partial charge in [0, 0.05) is 18.2 Å². The molecule has 116 valence electrons. The minimum atomic E-state index is 0.175. The van der Waals surface area contributed by atoms with Gasteiger partial charge in [0.1, 0.15) is 0 Å². The van der Waals surface area contributed by atoms with E-state index in [4.69, 9.17) is 10.9 Å². The van der Waals surface area contributed by atoms with Crippen LogP contribution in [0.4, 0.5) is 0 Å². The van der Waals surface area contributed by atoms with Crippen LogP contribution in [-0.2, 0) is 6.54 Å². The van der Waals surface area contributed by atoms with Gasteiger partial charge in [-0.1, -0.05) is 55.1 Å². The topological polar surface area (TPSA) is 70.6 Å². The first-order valence-corrected chi connectivity index (χ1v) is 8.01. The van der Waals surface area contributed by atoms with E-state index in [0.717, 1.165) is 23.6 Å². The average molecular weight is 289 g/mol. The molecule has 0 bridgehead atoms. The van der Waals surface area contributed by atoms with Crippen LogP contribution in [-0.4, -0.2) is 17.1 Å². The lowest BCUT2D eigenvalue weighted by Crippen LogP contribution is -2.33. The second kappa shape index (κ2) is 8.03. The van der Waals surface area contributed by atoms with Gasteiger partial charge in [0.15, 0.2) is 5.84 Å². The Kier molecular flexibility index (Phi) is 6.05. The van der Waals surface area contributed by atoms with Crippen molar-refractivity contribution < 1.29 is 5.21 Å². The normalized spacial score (nSPS) is 19.2. The van der Waals surface area contributed by atoms with Gasteiger partial charge < -0.3 is 16.3 Å². The Balaban J connectivity index is 1.96. The summed E-state index contributed by atoms with van der Waals surface area (Å²) in [5.41, 5.74) is 7.62. The minimum absolute atomic E-state index is 0.175. The van der Waals surface area contributed by atoms with Crippen LogP contribution in [0.3, 0.4) is 0 Å². The van der Waals surface area contributed by atoms with Crippen molar-refractivity contribution in [2.45, 2.75) is 58.0 Å². The van der Waals surface area contributed by atoms with E-state index in [1.54, 1.807) is 0 Å². The Hall–Kier alpha value is -1.55. The second-order valence-electron chi connectivity index (χ2n) is 6.06. The van der Waals surface area contributed by atoms with Gasteiger partial charge in [-0.05, 0) is 31.2 Å². The molecule has 0 spiro atoms. The van der Waals surface area contributed by atoms with Crippen LogP contribution in [0.25, 0.3) is 0 Å². The lowest BCUT2D eigenvalue weighted by atomic mass is 9.92. The van der Waals surface area contributed by atoms with Crippen molar-refractivity contribution >= 4 is 5.84 Å². The van der Waals surface area contributed by atoms with Crippen LogP contribution >= 0.6 is 0 Å². The molecule has 1 aliphatic carbocycles. The molecule has 21 heavy (non-hydrogen) atoms. The zero-order chi connectivity index (χ0) is 15.1. The number of nitrogens with zero attached hydrogens (tertiary/aromatic N) is 1. The van der Waals surface area contributed by atoms with Crippen molar-refractivity contribution in [3.63, 3.8) is 0 Å². The molecule has 1 fully saturated rings. The molecule has 4 nitrogen and oxygen atoms in total. The summed E-state index contributed by atoms with van der Waals surface area (Å²) in [5, 5.41) is 15.6. The molecule has 1 atom stereocenters. The lowest BCUT2D eigenvalue weighted by Gasteiger charge is -2.24. The van der Waals surface area contributed by atoms with Crippen LogP contribution in [0, 0.1) is 5.92 Å². The highest BCUT2D eigenvalue weighted by molar-refractivity contribution is 5.98. The summed E-state index contributed by atoms with van der Waals surface area (Å²) in [6.07, 6.45) is 8.14. The van der Waals surface area contributed by atoms with E-state index >= 15 is 0 Å². The molecule has 0 amide bonds. The highest BCUT2D eigenvalue weighted by atomic mass is 16.4. The maximum absolute atomic E-state index is 8.87. The van der Waals surface area contributed by atoms with Gasteiger partial charge >= 0.3 is 0 Å². The van der Waals surface area contributed by atoms with Crippen LogP contribution in [0.5, 0.6) is 0 Å². The Morgan fingerprint density at radius 3 is 2.62 bits per heavy atom. The van der Waals surface area contributed by atoms with E-state index < -0.39 is 0 Å². The first kappa shape index (κ1) is 15.8. The van der Waals surface area contributed by atoms with Crippen LogP contribution in [0.1, 0.15) is 56.6 Å².